The van der Waals surface area contributed by atoms with Gasteiger partial charge < -0.3 is 14.5 Å². The van der Waals surface area contributed by atoms with E-state index < -0.39 is 5.41 Å². The third kappa shape index (κ3) is 4.82. The van der Waals surface area contributed by atoms with Gasteiger partial charge in [-0.05, 0) is 73.4 Å². The van der Waals surface area contributed by atoms with Crippen LogP contribution in [0.1, 0.15) is 53.4 Å². The lowest BCUT2D eigenvalue weighted by molar-refractivity contribution is -0.138. The van der Waals surface area contributed by atoms with Crippen LogP contribution in [-0.2, 0) is 21.6 Å². The number of imide groups is 1. The monoisotopic (exact) mass is 496 g/mol. The lowest BCUT2D eigenvalue weighted by Gasteiger charge is -2.35. The summed E-state index contributed by atoms with van der Waals surface area (Å²) in [4.78, 5) is 41.6. The van der Waals surface area contributed by atoms with Gasteiger partial charge in [0, 0.05) is 30.1 Å². The van der Waals surface area contributed by atoms with Crippen LogP contribution in [0.15, 0.2) is 73.1 Å². The minimum absolute atomic E-state index is 0.236. The van der Waals surface area contributed by atoms with E-state index in [0.29, 0.717) is 42.9 Å². The number of aromatic nitrogens is 2. The fourth-order valence-corrected chi connectivity index (χ4v) is 4.78. The Balaban J connectivity index is 1.20. The number of anilines is 1. The Hall–Kier alpha value is -4.46. The maximum atomic E-state index is 12.8. The molecule has 0 bridgehead atoms. The predicted octanol–water partition coefficient (Wildman–Crippen LogP) is 4.56. The van der Waals surface area contributed by atoms with Crippen LogP contribution < -0.4 is 15.4 Å². The summed E-state index contributed by atoms with van der Waals surface area (Å²) >= 11 is 0. The zero-order chi connectivity index (χ0) is 26.0. The van der Waals surface area contributed by atoms with E-state index in [0.717, 1.165) is 22.5 Å². The van der Waals surface area contributed by atoms with Gasteiger partial charge in [0.05, 0.1) is 11.1 Å². The number of carbonyl (C=O) groups is 3. The standard InChI is InChI=1S/C29H28N4O4/c1-3-29(15-14-25(34)32-28(29)36)21-8-10-22(11-9-21)31-27(35)20-6-12-24(13-7-20)37-18-23-17-33-16-4-5-19(2)26(33)30-23/h4-13,16-17H,3,14-15,18H2,1-2H3,(H,31,35)(H,32,34,36). The molecule has 5 rings (SSSR count). The molecule has 0 radical (unpaired) electrons. The molecule has 8 nitrogen and oxygen atoms in total. The molecule has 4 aromatic rings. The molecule has 188 valence electrons. The van der Waals surface area contributed by atoms with E-state index in [2.05, 4.69) is 15.6 Å². The predicted molar refractivity (Wildman–Crippen MR) is 139 cm³/mol. The van der Waals surface area contributed by atoms with Gasteiger partial charge in [-0.15, -0.1) is 0 Å². The number of pyridine rings is 1. The molecule has 1 atom stereocenters. The van der Waals surface area contributed by atoms with Crippen molar-refractivity contribution in [1.82, 2.24) is 14.7 Å². The van der Waals surface area contributed by atoms with E-state index in [4.69, 9.17) is 4.74 Å². The van der Waals surface area contributed by atoms with Crippen LogP contribution in [0, 0.1) is 6.92 Å². The van der Waals surface area contributed by atoms with E-state index in [1.807, 2.05) is 54.9 Å². The van der Waals surface area contributed by atoms with Crippen molar-refractivity contribution in [3.63, 3.8) is 0 Å². The zero-order valence-corrected chi connectivity index (χ0v) is 20.8. The van der Waals surface area contributed by atoms with Crippen LogP contribution in [0.2, 0.25) is 0 Å². The van der Waals surface area contributed by atoms with E-state index in [1.165, 1.54) is 0 Å². The van der Waals surface area contributed by atoms with Crippen molar-refractivity contribution >= 4 is 29.1 Å². The molecule has 1 fully saturated rings. The Morgan fingerprint density at radius 2 is 1.86 bits per heavy atom. The van der Waals surface area contributed by atoms with Gasteiger partial charge in [0.2, 0.25) is 11.8 Å². The van der Waals surface area contributed by atoms with Crippen LogP contribution >= 0.6 is 0 Å². The summed E-state index contributed by atoms with van der Waals surface area (Å²) in [5, 5.41) is 5.34. The molecule has 1 aliphatic rings. The van der Waals surface area contributed by atoms with E-state index in [9.17, 15) is 14.4 Å². The first kappa shape index (κ1) is 24.2. The second-order valence-electron chi connectivity index (χ2n) is 9.31. The molecule has 1 unspecified atom stereocenters. The molecule has 1 aliphatic heterocycles. The first-order valence-electron chi connectivity index (χ1n) is 12.3. The number of hydrogen-bond acceptors (Lipinski definition) is 5. The first-order chi connectivity index (χ1) is 17.9. The molecular formula is C29H28N4O4. The van der Waals surface area contributed by atoms with Crippen LogP contribution in [0.4, 0.5) is 5.69 Å². The summed E-state index contributed by atoms with van der Waals surface area (Å²) in [7, 11) is 0. The normalized spacial score (nSPS) is 17.5. The summed E-state index contributed by atoms with van der Waals surface area (Å²) in [5.74, 6) is -0.105. The van der Waals surface area contributed by atoms with Gasteiger partial charge in [-0.1, -0.05) is 25.1 Å². The number of amides is 3. The molecule has 0 aliphatic carbocycles. The summed E-state index contributed by atoms with van der Waals surface area (Å²) < 4.78 is 7.83. The van der Waals surface area contributed by atoms with Crippen LogP contribution in [0.25, 0.3) is 5.65 Å². The van der Waals surface area contributed by atoms with E-state index >= 15 is 0 Å². The van der Waals surface area contributed by atoms with Crippen LogP contribution in [0.5, 0.6) is 5.75 Å². The van der Waals surface area contributed by atoms with Gasteiger partial charge in [0.1, 0.15) is 18.0 Å². The Morgan fingerprint density at radius 3 is 2.54 bits per heavy atom. The number of fused-ring (bicyclic) bond motifs is 1. The third-order valence-electron chi connectivity index (χ3n) is 7.00. The molecule has 0 spiro atoms. The fraction of sp³-hybridized carbons (Fsp3) is 0.241. The maximum absolute atomic E-state index is 12.8. The van der Waals surface area contributed by atoms with Crippen molar-refractivity contribution in [3.05, 3.63) is 95.4 Å². The van der Waals surface area contributed by atoms with Crippen LogP contribution in [-0.4, -0.2) is 27.1 Å². The average molecular weight is 497 g/mol. The molecule has 1 saturated heterocycles. The van der Waals surface area contributed by atoms with Crippen molar-refractivity contribution in [1.29, 1.82) is 0 Å². The minimum Gasteiger partial charge on any atom is -0.487 e. The lowest BCUT2D eigenvalue weighted by atomic mass is 9.72. The number of rotatable bonds is 7. The van der Waals surface area contributed by atoms with Gasteiger partial charge in [0.25, 0.3) is 5.91 Å². The maximum Gasteiger partial charge on any atom is 0.255 e. The Morgan fingerprint density at radius 1 is 1.11 bits per heavy atom. The van der Waals surface area contributed by atoms with Gasteiger partial charge in [0.15, 0.2) is 0 Å². The van der Waals surface area contributed by atoms with Crippen molar-refractivity contribution in [2.45, 2.75) is 45.1 Å². The number of carbonyl (C=O) groups excluding carboxylic acids is 3. The van der Waals surface area contributed by atoms with Gasteiger partial charge >= 0.3 is 0 Å². The first-order valence-corrected chi connectivity index (χ1v) is 12.3. The lowest BCUT2D eigenvalue weighted by Crippen LogP contribution is -2.51. The number of nitrogens with one attached hydrogen (secondary N) is 2. The molecule has 37 heavy (non-hydrogen) atoms. The summed E-state index contributed by atoms with van der Waals surface area (Å²) in [6, 6.07) is 18.2. The average Bonchev–Trinajstić information content (AvgIpc) is 3.33. The zero-order valence-electron chi connectivity index (χ0n) is 20.8. The summed E-state index contributed by atoms with van der Waals surface area (Å²) in [6.07, 6.45) is 5.28. The van der Waals surface area contributed by atoms with Gasteiger partial charge in [-0.3, -0.25) is 19.7 Å². The highest BCUT2D eigenvalue weighted by molar-refractivity contribution is 6.05. The third-order valence-corrected chi connectivity index (χ3v) is 7.00. The summed E-state index contributed by atoms with van der Waals surface area (Å²) in [6.45, 7) is 4.28. The quantitative estimate of drug-likeness (QED) is 0.365. The molecule has 3 heterocycles. The number of benzene rings is 2. The number of imidazole rings is 1. The molecule has 2 aromatic carbocycles. The highest BCUT2D eigenvalue weighted by atomic mass is 16.5. The smallest absolute Gasteiger partial charge is 0.255 e. The molecule has 0 saturated carbocycles. The Kier molecular flexibility index (Phi) is 6.48. The number of aryl methyl sites for hydroxylation is 1. The van der Waals surface area contributed by atoms with E-state index in [1.54, 1.807) is 36.4 Å². The van der Waals surface area contributed by atoms with Gasteiger partial charge in [-0.2, -0.15) is 0 Å². The molecule has 3 amide bonds. The van der Waals surface area contributed by atoms with Crippen molar-refractivity contribution in [2.75, 3.05) is 5.32 Å². The van der Waals surface area contributed by atoms with Crippen molar-refractivity contribution in [3.8, 4) is 5.75 Å². The molecule has 8 heteroatoms. The Bertz CT molecular complexity index is 1470. The number of piperidine rings is 1. The van der Waals surface area contributed by atoms with Crippen molar-refractivity contribution < 1.29 is 19.1 Å². The largest absolute Gasteiger partial charge is 0.487 e. The number of ether oxygens (including phenoxy) is 1. The highest BCUT2D eigenvalue weighted by Gasteiger charge is 2.42. The Labute approximate surface area is 214 Å². The molecule has 2 aromatic heterocycles. The van der Waals surface area contributed by atoms with Crippen LogP contribution in [0.3, 0.4) is 0 Å². The van der Waals surface area contributed by atoms with Gasteiger partial charge in [-0.25, -0.2) is 4.98 Å². The SMILES string of the molecule is CCC1(c2ccc(NC(=O)c3ccc(OCc4cn5cccc(C)c5n4)cc3)cc2)CCC(=O)NC1=O. The van der Waals surface area contributed by atoms with E-state index in [-0.39, 0.29) is 17.7 Å². The molecule has 2 N–H and O–H groups in total. The number of nitrogens with zero attached hydrogens (tertiary/aromatic N) is 2. The van der Waals surface area contributed by atoms with Crippen molar-refractivity contribution in [2.24, 2.45) is 0 Å². The minimum atomic E-state index is -0.728. The highest BCUT2D eigenvalue weighted by Crippen LogP contribution is 2.36. The fourth-order valence-electron chi connectivity index (χ4n) is 4.78. The second kappa shape index (κ2) is 9.89. The second-order valence-corrected chi connectivity index (χ2v) is 9.31. The summed E-state index contributed by atoms with van der Waals surface area (Å²) in [5.41, 5.74) is 4.04. The molecular weight excluding hydrogens is 468 g/mol. The number of hydrogen-bond donors (Lipinski definition) is 2. The topological polar surface area (TPSA) is 102 Å².